The quantitative estimate of drug-likeness (QED) is 0.750. The van der Waals surface area contributed by atoms with Crippen molar-refractivity contribution in [3.8, 4) is 0 Å². The molecule has 0 fully saturated rings. The lowest BCUT2D eigenvalue weighted by Gasteiger charge is -2.19. The third-order valence-electron chi connectivity index (χ3n) is 3.45. The number of aromatic amines is 1. The van der Waals surface area contributed by atoms with Crippen LogP contribution < -0.4 is 10.9 Å². The van der Waals surface area contributed by atoms with E-state index in [0.29, 0.717) is 11.6 Å². The Kier molecular flexibility index (Phi) is 2.45. The predicted octanol–water partition coefficient (Wildman–Crippen LogP) is 2.14. The molecule has 2 N–H and O–H groups in total. The fourth-order valence-electron chi connectivity index (χ4n) is 2.49. The van der Waals surface area contributed by atoms with Crippen LogP contribution in [0.2, 0.25) is 5.02 Å². The van der Waals surface area contributed by atoms with E-state index in [2.05, 4.69) is 10.3 Å². The minimum absolute atomic E-state index is 0.00469. The zero-order chi connectivity index (χ0) is 12.0. The Morgan fingerprint density at radius 3 is 2.94 bits per heavy atom. The smallest absolute Gasteiger partial charge is 0.253 e. The first kappa shape index (κ1) is 10.8. The Morgan fingerprint density at radius 1 is 1.29 bits per heavy atom. The van der Waals surface area contributed by atoms with Crippen LogP contribution in [0.1, 0.15) is 16.7 Å². The van der Waals surface area contributed by atoms with Crippen LogP contribution in [0.25, 0.3) is 10.9 Å². The Balaban J connectivity index is 2.46. The molecule has 0 bridgehead atoms. The van der Waals surface area contributed by atoms with Crippen molar-refractivity contribution in [2.75, 3.05) is 6.54 Å². The van der Waals surface area contributed by atoms with Crippen LogP contribution in [-0.4, -0.2) is 11.5 Å². The number of hydrogen-bond donors (Lipinski definition) is 2. The molecule has 0 spiro atoms. The summed E-state index contributed by atoms with van der Waals surface area (Å²) >= 11 is 6.09. The van der Waals surface area contributed by atoms with E-state index in [-0.39, 0.29) is 5.56 Å². The number of hydrogen-bond acceptors (Lipinski definition) is 2. The van der Waals surface area contributed by atoms with Gasteiger partial charge < -0.3 is 10.3 Å². The number of benzene rings is 1. The Bertz CT molecular complexity index is 660. The largest absolute Gasteiger partial charge is 0.321 e. The predicted molar refractivity (Wildman–Crippen MR) is 69.7 cm³/mol. The highest BCUT2D eigenvalue weighted by Gasteiger charge is 2.17. The minimum atomic E-state index is 0.00469. The van der Waals surface area contributed by atoms with Gasteiger partial charge in [0.1, 0.15) is 0 Å². The van der Waals surface area contributed by atoms with Crippen LogP contribution >= 0.6 is 11.6 Å². The first-order valence-electron chi connectivity index (χ1n) is 5.72. The number of H-pyrrole nitrogens is 1. The van der Waals surface area contributed by atoms with Crippen LogP contribution in [-0.2, 0) is 13.0 Å². The molecule has 1 aromatic heterocycles. The fourth-order valence-corrected chi connectivity index (χ4v) is 2.64. The van der Waals surface area contributed by atoms with Crippen LogP contribution in [0.3, 0.4) is 0 Å². The van der Waals surface area contributed by atoms with Crippen molar-refractivity contribution < 1.29 is 0 Å². The number of fused-ring (bicyclic) bond motifs is 3. The number of pyridine rings is 1. The van der Waals surface area contributed by atoms with Crippen molar-refractivity contribution in [1.82, 2.24) is 10.3 Å². The molecule has 0 aliphatic carbocycles. The molecule has 1 aromatic carbocycles. The fraction of sp³-hybridized carbons (Fsp3) is 0.308. The van der Waals surface area contributed by atoms with Crippen LogP contribution in [0, 0.1) is 6.92 Å². The van der Waals surface area contributed by atoms with Gasteiger partial charge in [0.15, 0.2) is 0 Å². The number of aromatic nitrogens is 1. The van der Waals surface area contributed by atoms with Gasteiger partial charge in [0.25, 0.3) is 5.56 Å². The van der Waals surface area contributed by atoms with Crippen molar-refractivity contribution in [2.24, 2.45) is 0 Å². The second-order valence-electron chi connectivity index (χ2n) is 4.43. The van der Waals surface area contributed by atoms with Crippen molar-refractivity contribution in [1.29, 1.82) is 0 Å². The summed E-state index contributed by atoms with van der Waals surface area (Å²) in [6.07, 6.45) is 0.900. The molecular weight excluding hydrogens is 236 g/mol. The van der Waals surface area contributed by atoms with Gasteiger partial charge in [0.05, 0.1) is 5.52 Å². The minimum Gasteiger partial charge on any atom is -0.321 e. The van der Waals surface area contributed by atoms with Gasteiger partial charge in [-0.2, -0.15) is 0 Å². The molecule has 0 saturated carbocycles. The zero-order valence-corrected chi connectivity index (χ0v) is 10.3. The van der Waals surface area contributed by atoms with Crippen molar-refractivity contribution in [3.05, 3.63) is 44.2 Å². The molecule has 17 heavy (non-hydrogen) atoms. The standard InChI is InChI=1S/C13H13ClN2O/c1-7-11(14)3-2-9-8-4-5-15-6-10(8)13(17)16-12(7)9/h2-3,15H,4-6H2,1H3,(H,16,17). The van der Waals surface area contributed by atoms with Gasteiger partial charge in [-0.05, 0) is 37.1 Å². The lowest BCUT2D eigenvalue weighted by molar-refractivity contribution is 0.640. The summed E-state index contributed by atoms with van der Waals surface area (Å²) in [4.78, 5) is 14.9. The highest BCUT2D eigenvalue weighted by Crippen LogP contribution is 2.27. The van der Waals surface area contributed by atoms with Crippen molar-refractivity contribution >= 4 is 22.5 Å². The molecule has 4 heteroatoms. The van der Waals surface area contributed by atoms with E-state index < -0.39 is 0 Å². The molecule has 1 aliphatic heterocycles. The maximum Gasteiger partial charge on any atom is 0.253 e. The Labute approximate surface area is 104 Å². The van der Waals surface area contributed by atoms with Crippen LogP contribution in [0.5, 0.6) is 0 Å². The number of rotatable bonds is 0. The summed E-state index contributed by atoms with van der Waals surface area (Å²) in [5.74, 6) is 0. The van der Waals surface area contributed by atoms with E-state index in [1.165, 1.54) is 5.56 Å². The molecule has 1 aliphatic rings. The van der Waals surface area contributed by atoms with Crippen molar-refractivity contribution in [2.45, 2.75) is 19.9 Å². The van der Waals surface area contributed by atoms with Gasteiger partial charge in [-0.15, -0.1) is 0 Å². The molecule has 3 rings (SSSR count). The molecule has 0 radical (unpaired) electrons. The van der Waals surface area contributed by atoms with Crippen molar-refractivity contribution in [3.63, 3.8) is 0 Å². The third kappa shape index (κ3) is 1.58. The Morgan fingerprint density at radius 2 is 2.12 bits per heavy atom. The van der Waals surface area contributed by atoms with Gasteiger partial charge in [-0.3, -0.25) is 4.79 Å². The summed E-state index contributed by atoms with van der Waals surface area (Å²) in [5, 5.41) is 5.05. The lowest BCUT2D eigenvalue weighted by Crippen LogP contribution is -2.30. The molecule has 0 amide bonds. The summed E-state index contributed by atoms with van der Waals surface area (Å²) in [7, 11) is 0. The SMILES string of the molecule is Cc1c(Cl)ccc2c3c(c(=O)[nH]c12)CNCC3. The maximum absolute atomic E-state index is 12.0. The van der Waals surface area contributed by atoms with Gasteiger partial charge in [-0.25, -0.2) is 0 Å². The van der Waals surface area contributed by atoms with Gasteiger partial charge in [-0.1, -0.05) is 17.7 Å². The first-order chi connectivity index (χ1) is 8.18. The molecule has 88 valence electrons. The third-order valence-corrected chi connectivity index (χ3v) is 3.86. The number of halogens is 1. The van der Waals surface area contributed by atoms with E-state index in [4.69, 9.17) is 11.6 Å². The zero-order valence-electron chi connectivity index (χ0n) is 9.56. The molecule has 2 aromatic rings. The summed E-state index contributed by atoms with van der Waals surface area (Å²) in [6, 6.07) is 3.91. The van der Waals surface area contributed by atoms with E-state index >= 15 is 0 Å². The van der Waals surface area contributed by atoms with Crippen LogP contribution in [0.4, 0.5) is 0 Å². The second kappa shape index (κ2) is 3.86. The maximum atomic E-state index is 12.0. The summed E-state index contributed by atoms with van der Waals surface area (Å²) < 4.78 is 0. The lowest BCUT2D eigenvalue weighted by atomic mass is 9.96. The number of aryl methyl sites for hydroxylation is 1. The highest BCUT2D eigenvalue weighted by molar-refractivity contribution is 6.32. The average molecular weight is 249 g/mol. The molecule has 0 saturated heterocycles. The molecule has 3 nitrogen and oxygen atoms in total. The van der Waals surface area contributed by atoms with E-state index in [0.717, 1.165) is 35.0 Å². The molecule has 0 atom stereocenters. The monoisotopic (exact) mass is 248 g/mol. The van der Waals surface area contributed by atoms with Gasteiger partial charge in [0.2, 0.25) is 0 Å². The second-order valence-corrected chi connectivity index (χ2v) is 4.84. The number of nitrogens with one attached hydrogen (secondary N) is 2. The highest BCUT2D eigenvalue weighted by atomic mass is 35.5. The van der Waals surface area contributed by atoms with E-state index in [1.54, 1.807) is 0 Å². The molecule has 0 unspecified atom stereocenters. The molecule has 2 heterocycles. The topological polar surface area (TPSA) is 44.9 Å². The van der Waals surface area contributed by atoms with E-state index in [1.807, 2.05) is 19.1 Å². The first-order valence-corrected chi connectivity index (χ1v) is 6.10. The molecular formula is C13H13ClN2O. The normalized spacial score (nSPS) is 14.9. The summed E-state index contributed by atoms with van der Waals surface area (Å²) in [6.45, 7) is 3.52. The average Bonchev–Trinajstić information content (AvgIpc) is 2.35. The van der Waals surface area contributed by atoms with Crippen LogP contribution in [0.15, 0.2) is 16.9 Å². The van der Waals surface area contributed by atoms with E-state index in [9.17, 15) is 4.79 Å². The van der Waals surface area contributed by atoms with Gasteiger partial charge in [0, 0.05) is 22.5 Å². The summed E-state index contributed by atoms with van der Waals surface area (Å²) in [5.41, 5.74) is 3.86. The Hall–Kier alpha value is -1.32. The van der Waals surface area contributed by atoms with Gasteiger partial charge >= 0.3 is 0 Å².